The van der Waals surface area contributed by atoms with Crippen molar-refractivity contribution < 1.29 is 19.4 Å². The first kappa shape index (κ1) is 15.8. The molecule has 1 saturated carbocycles. The summed E-state index contributed by atoms with van der Waals surface area (Å²) in [7, 11) is 0. The third kappa shape index (κ3) is 3.97. The Bertz CT molecular complexity index is 494. The molecule has 0 aromatic carbocycles. The summed E-state index contributed by atoms with van der Waals surface area (Å²) in [4.78, 5) is 25.3. The maximum atomic E-state index is 12.3. The summed E-state index contributed by atoms with van der Waals surface area (Å²) in [6, 6.07) is 1.90. The van der Waals surface area contributed by atoms with Crippen molar-refractivity contribution in [3.63, 3.8) is 0 Å². The van der Waals surface area contributed by atoms with E-state index in [4.69, 9.17) is 9.84 Å². The number of carbonyl (C=O) groups is 2. The average molecular weight is 311 g/mol. The molecule has 0 atom stereocenters. The van der Waals surface area contributed by atoms with Crippen molar-refractivity contribution in [3.8, 4) is 5.75 Å². The second-order valence-electron chi connectivity index (χ2n) is 5.18. The Morgan fingerprint density at radius 2 is 2.10 bits per heavy atom. The molecule has 1 aromatic heterocycles. The molecule has 1 heterocycles. The third-order valence-corrected chi connectivity index (χ3v) is 4.73. The van der Waals surface area contributed by atoms with E-state index < -0.39 is 5.97 Å². The van der Waals surface area contributed by atoms with Gasteiger partial charge in [-0.2, -0.15) is 0 Å². The number of likely N-dealkylation sites (N-methyl/N-ethyl adjacent to an activating group) is 1. The second kappa shape index (κ2) is 7.45. The predicted molar refractivity (Wildman–Crippen MR) is 81.0 cm³/mol. The first-order valence-electron chi connectivity index (χ1n) is 7.36. The molecule has 5 nitrogen and oxygen atoms in total. The molecular weight excluding hydrogens is 290 g/mol. The Labute approximate surface area is 128 Å². The van der Waals surface area contributed by atoms with E-state index in [1.54, 1.807) is 11.4 Å². The number of carboxylic acid groups (broad SMARTS) is 1. The molecule has 0 saturated heterocycles. The van der Waals surface area contributed by atoms with Crippen LogP contribution < -0.4 is 4.74 Å². The largest absolute Gasteiger partial charge is 0.482 e. The Morgan fingerprint density at radius 1 is 1.38 bits per heavy atom. The minimum Gasteiger partial charge on any atom is -0.482 e. The molecule has 1 aliphatic rings. The SMILES string of the molecule is CCN(C(=O)COc1ccsc1C(=O)O)C1CCCCC1. The Kier molecular flexibility index (Phi) is 5.61. The van der Waals surface area contributed by atoms with Crippen molar-refractivity contribution in [1.82, 2.24) is 4.90 Å². The highest BCUT2D eigenvalue weighted by Gasteiger charge is 2.24. The number of carboxylic acids is 1. The number of thiophene rings is 1. The number of hydrogen-bond donors (Lipinski definition) is 1. The normalized spacial score (nSPS) is 15.7. The van der Waals surface area contributed by atoms with Crippen molar-refractivity contribution in [2.75, 3.05) is 13.2 Å². The maximum Gasteiger partial charge on any atom is 0.349 e. The summed E-state index contributed by atoms with van der Waals surface area (Å²) < 4.78 is 5.41. The molecule has 2 rings (SSSR count). The lowest BCUT2D eigenvalue weighted by atomic mass is 9.94. The van der Waals surface area contributed by atoms with Gasteiger partial charge < -0.3 is 14.7 Å². The molecular formula is C15H21NO4S. The molecule has 1 amide bonds. The number of hydrogen-bond acceptors (Lipinski definition) is 4. The fraction of sp³-hybridized carbons (Fsp3) is 0.600. The first-order chi connectivity index (χ1) is 10.1. The van der Waals surface area contributed by atoms with E-state index in [2.05, 4.69) is 0 Å². The lowest BCUT2D eigenvalue weighted by Crippen LogP contribution is -2.43. The number of rotatable bonds is 6. The highest BCUT2D eigenvalue weighted by Crippen LogP contribution is 2.25. The van der Waals surface area contributed by atoms with E-state index in [9.17, 15) is 9.59 Å². The van der Waals surface area contributed by atoms with Crippen molar-refractivity contribution in [1.29, 1.82) is 0 Å². The van der Waals surface area contributed by atoms with Crippen LogP contribution >= 0.6 is 11.3 Å². The summed E-state index contributed by atoms with van der Waals surface area (Å²) in [6.07, 6.45) is 5.69. The molecule has 0 unspecified atom stereocenters. The van der Waals surface area contributed by atoms with Gasteiger partial charge in [0, 0.05) is 12.6 Å². The van der Waals surface area contributed by atoms with Crippen LogP contribution in [-0.4, -0.2) is 41.1 Å². The number of carbonyl (C=O) groups excluding carboxylic acids is 1. The number of nitrogens with zero attached hydrogens (tertiary/aromatic N) is 1. The van der Waals surface area contributed by atoms with Crippen LogP contribution in [0.3, 0.4) is 0 Å². The molecule has 116 valence electrons. The zero-order valence-corrected chi connectivity index (χ0v) is 13.0. The van der Waals surface area contributed by atoms with Gasteiger partial charge in [-0.3, -0.25) is 4.79 Å². The fourth-order valence-electron chi connectivity index (χ4n) is 2.82. The van der Waals surface area contributed by atoms with Gasteiger partial charge in [0.05, 0.1) is 0 Å². The van der Waals surface area contributed by atoms with Crippen molar-refractivity contribution in [3.05, 3.63) is 16.3 Å². The van der Waals surface area contributed by atoms with Gasteiger partial charge in [-0.25, -0.2) is 4.79 Å². The summed E-state index contributed by atoms with van der Waals surface area (Å²) >= 11 is 1.10. The highest BCUT2D eigenvalue weighted by atomic mass is 32.1. The van der Waals surface area contributed by atoms with Gasteiger partial charge in [0.25, 0.3) is 5.91 Å². The number of amides is 1. The minimum absolute atomic E-state index is 0.0630. The molecule has 21 heavy (non-hydrogen) atoms. The topological polar surface area (TPSA) is 66.8 Å². The molecule has 1 aliphatic carbocycles. The van der Waals surface area contributed by atoms with Crippen LogP contribution in [0, 0.1) is 0 Å². The van der Waals surface area contributed by atoms with E-state index >= 15 is 0 Å². The van der Waals surface area contributed by atoms with Crippen LogP contribution in [0.4, 0.5) is 0 Å². The fourth-order valence-corrected chi connectivity index (χ4v) is 3.49. The molecule has 0 aliphatic heterocycles. The van der Waals surface area contributed by atoms with Crippen LogP contribution in [-0.2, 0) is 4.79 Å². The van der Waals surface area contributed by atoms with Gasteiger partial charge in [0.2, 0.25) is 0 Å². The van der Waals surface area contributed by atoms with Crippen LogP contribution in [0.15, 0.2) is 11.4 Å². The van der Waals surface area contributed by atoms with E-state index in [0.717, 1.165) is 24.2 Å². The summed E-state index contributed by atoms with van der Waals surface area (Å²) in [5.74, 6) is -0.806. The van der Waals surface area contributed by atoms with Crippen molar-refractivity contribution >= 4 is 23.2 Å². The van der Waals surface area contributed by atoms with E-state index in [-0.39, 0.29) is 23.1 Å². The highest BCUT2D eigenvalue weighted by molar-refractivity contribution is 7.12. The Morgan fingerprint density at radius 3 is 2.71 bits per heavy atom. The second-order valence-corrected chi connectivity index (χ2v) is 6.10. The molecule has 1 N–H and O–H groups in total. The smallest absolute Gasteiger partial charge is 0.349 e. The molecule has 0 bridgehead atoms. The summed E-state index contributed by atoms with van der Waals surface area (Å²) in [5, 5.41) is 10.7. The third-order valence-electron chi connectivity index (χ3n) is 3.85. The van der Waals surface area contributed by atoms with E-state index in [1.165, 1.54) is 19.3 Å². The molecule has 0 spiro atoms. The average Bonchev–Trinajstić information content (AvgIpc) is 2.95. The first-order valence-corrected chi connectivity index (χ1v) is 8.24. The molecule has 0 radical (unpaired) electrons. The van der Waals surface area contributed by atoms with E-state index in [1.807, 2.05) is 11.8 Å². The van der Waals surface area contributed by atoms with Crippen molar-refractivity contribution in [2.45, 2.75) is 45.1 Å². The van der Waals surface area contributed by atoms with Crippen LogP contribution in [0.1, 0.15) is 48.7 Å². The number of ether oxygens (including phenoxy) is 1. The van der Waals surface area contributed by atoms with E-state index in [0.29, 0.717) is 12.6 Å². The van der Waals surface area contributed by atoms with Crippen LogP contribution in [0.25, 0.3) is 0 Å². The zero-order chi connectivity index (χ0) is 15.2. The zero-order valence-electron chi connectivity index (χ0n) is 12.2. The van der Waals surface area contributed by atoms with Gasteiger partial charge in [0.1, 0.15) is 5.75 Å². The van der Waals surface area contributed by atoms with Crippen LogP contribution in [0.2, 0.25) is 0 Å². The molecule has 6 heteroatoms. The molecule has 1 aromatic rings. The Hall–Kier alpha value is -1.56. The molecule has 1 fully saturated rings. The summed E-state index contributed by atoms with van der Waals surface area (Å²) in [6.45, 7) is 2.55. The maximum absolute atomic E-state index is 12.3. The van der Waals surface area contributed by atoms with Crippen LogP contribution in [0.5, 0.6) is 5.75 Å². The standard InChI is InChI=1S/C15H21NO4S/c1-2-16(11-6-4-3-5-7-11)13(17)10-20-12-8-9-21-14(12)15(18)19/h8-9,11H,2-7,10H2,1H3,(H,18,19). The van der Waals surface area contributed by atoms with Gasteiger partial charge in [-0.05, 0) is 31.2 Å². The quantitative estimate of drug-likeness (QED) is 0.877. The number of aromatic carboxylic acids is 1. The monoisotopic (exact) mass is 311 g/mol. The lowest BCUT2D eigenvalue weighted by molar-refractivity contribution is -0.136. The predicted octanol–water partition coefficient (Wildman–Crippen LogP) is 3.01. The minimum atomic E-state index is -1.02. The lowest BCUT2D eigenvalue weighted by Gasteiger charge is -2.33. The van der Waals surface area contributed by atoms with Crippen molar-refractivity contribution in [2.24, 2.45) is 0 Å². The van der Waals surface area contributed by atoms with Gasteiger partial charge in [0.15, 0.2) is 11.5 Å². The Balaban J connectivity index is 1.93. The van der Waals surface area contributed by atoms with Gasteiger partial charge in [-0.1, -0.05) is 19.3 Å². The van der Waals surface area contributed by atoms with Gasteiger partial charge >= 0.3 is 5.97 Å². The van der Waals surface area contributed by atoms with Gasteiger partial charge in [-0.15, -0.1) is 11.3 Å². The summed E-state index contributed by atoms with van der Waals surface area (Å²) in [5.41, 5.74) is 0.